The highest BCUT2D eigenvalue weighted by atomic mass is 19.1. The SMILES string of the molecule is O=C(Nc1ccc(-n2cncn2)cn1)C(C1CC1)C1C2CC(Oc3ccnc4ccc(F)cc34)CC21. The van der Waals surface area contributed by atoms with Gasteiger partial charge in [0.15, 0.2) is 0 Å². The molecule has 9 heteroatoms. The van der Waals surface area contributed by atoms with Crippen molar-refractivity contribution in [3.63, 3.8) is 0 Å². The number of nitrogens with zero attached hydrogens (tertiary/aromatic N) is 5. The molecule has 3 unspecified atom stereocenters. The highest BCUT2D eigenvalue weighted by Gasteiger charge is 2.63. The second-order valence-corrected chi connectivity index (χ2v) is 10.2. The molecule has 0 radical (unpaired) electrons. The maximum absolute atomic E-state index is 13.8. The van der Waals surface area contributed by atoms with Gasteiger partial charge in [0.25, 0.3) is 0 Å². The van der Waals surface area contributed by atoms with Crippen LogP contribution in [0, 0.1) is 35.4 Å². The van der Waals surface area contributed by atoms with Crippen LogP contribution in [0.3, 0.4) is 0 Å². The molecule has 1 aromatic carbocycles. The summed E-state index contributed by atoms with van der Waals surface area (Å²) in [6.45, 7) is 0. The molecule has 7 rings (SSSR count). The maximum Gasteiger partial charge on any atom is 0.229 e. The predicted octanol–water partition coefficient (Wildman–Crippen LogP) is 4.42. The van der Waals surface area contributed by atoms with Crippen molar-refractivity contribution >= 4 is 22.6 Å². The average Bonchev–Trinajstić information content (AvgIpc) is 3.69. The number of hydrogen-bond acceptors (Lipinski definition) is 6. The number of nitrogens with one attached hydrogen (secondary N) is 1. The minimum atomic E-state index is -0.296. The fourth-order valence-corrected chi connectivity index (χ4v) is 6.15. The van der Waals surface area contributed by atoms with Gasteiger partial charge in [0, 0.05) is 17.5 Å². The van der Waals surface area contributed by atoms with Gasteiger partial charge in [0.2, 0.25) is 5.91 Å². The van der Waals surface area contributed by atoms with E-state index in [2.05, 4.69) is 25.4 Å². The van der Waals surface area contributed by atoms with Crippen LogP contribution in [0.25, 0.3) is 16.6 Å². The number of carbonyl (C=O) groups is 1. The molecule has 1 N–H and O–H groups in total. The van der Waals surface area contributed by atoms with E-state index in [-0.39, 0.29) is 23.7 Å². The zero-order valence-electron chi connectivity index (χ0n) is 19.5. The summed E-state index contributed by atoms with van der Waals surface area (Å²) in [6, 6.07) is 10.1. The number of amides is 1. The largest absolute Gasteiger partial charge is 0.490 e. The van der Waals surface area contributed by atoms with E-state index in [1.54, 1.807) is 35.5 Å². The Morgan fingerprint density at radius 3 is 2.69 bits per heavy atom. The molecule has 0 saturated heterocycles. The van der Waals surface area contributed by atoms with Gasteiger partial charge in [-0.15, -0.1) is 0 Å². The number of benzene rings is 1. The van der Waals surface area contributed by atoms with Crippen LogP contribution >= 0.6 is 0 Å². The lowest BCUT2D eigenvalue weighted by molar-refractivity contribution is -0.121. The van der Waals surface area contributed by atoms with E-state index in [0.29, 0.717) is 40.6 Å². The van der Waals surface area contributed by atoms with Gasteiger partial charge in [-0.3, -0.25) is 9.78 Å². The standard InChI is InChI=1S/C27H25FN6O2/c28-16-3-5-22-21(9-16)23(7-8-30-22)36-18-10-19-20(11-18)26(19)25(15-1-2-15)27(35)33-24-6-4-17(12-31-24)34-14-29-13-32-34/h3-9,12-15,18-20,25-26H,1-2,10-11H2,(H,31,33,35). The number of anilines is 1. The summed E-state index contributed by atoms with van der Waals surface area (Å²) in [5, 5.41) is 7.86. The number of ether oxygens (including phenoxy) is 1. The normalized spacial score (nSPS) is 25.4. The Bertz CT molecular complexity index is 1410. The van der Waals surface area contributed by atoms with E-state index in [4.69, 9.17) is 4.74 Å². The second kappa shape index (κ2) is 8.36. The van der Waals surface area contributed by atoms with Crippen LogP contribution in [0.2, 0.25) is 0 Å². The molecule has 4 aromatic rings. The van der Waals surface area contributed by atoms with Crippen LogP contribution in [0.1, 0.15) is 25.7 Å². The number of carbonyl (C=O) groups excluding carboxylic acids is 1. The van der Waals surface area contributed by atoms with Gasteiger partial charge in [-0.2, -0.15) is 5.10 Å². The first-order valence-corrected chi connectivity index (χ1v) is 12.5. The summed E-state index contributed by atoms with van der Waals surface area (Å²) in [5.41, 5.74) is 1.51. The molecule has 36 heavy (non-hydrogen) atoms. The topological polar surface area (TPSA) is 94.8 Å². The first-order valence-electron chi connectivity index (χ1n) is 12.5. The lowest BCUT2D eigenvalue weighted by Gasteiger charge is -2.22. The monoisotopic (exact) mass is 484 g/mol. The fraction of sp³-hybridized carbons (Fsp3) is 0.370. The van der Waals surface area contributed by atoms with Gasteiger partial charge in [-0.25, -0.2) is 19.0 Å². The van der Waals surface area contributed by atoms with E-state index in [9.17, 15) is 9.18 Å². The molecule has 3 aliphatic rings. The van der Waals surface area contributed by atoms with Crippen molar-refractivity contribution in [2.24, 2.45) is 29.6 Å². The molecule has 8 nitrogen and oxygen atoms in total. The molecular weight excluding hydrogens is 459 g/mol. The van der Waals surface area contributed by atoms with E-state index >= 15 is 0 Å². The Labute approximate surface area is 206 Å². The van der Waals surface area contributed by atoms with Crippen LogP contribution in [-0.4, -0.2) is 36.7 Å². The number of halogens is 1. The smallest absolute Gasteiger partial charge is 0.229 e. The number of pyridine rings is 2. The first kappa shape index (κ1) is 21.4. The van der Waals surface area contributed by atoms with Crippen LogP contribution in [-0.2, 0) is 4.79 Å². The molecular formula is C27H25FN6O2. The summed E-state index contributed by atoms with van der Waals surface area (Å²) in [4.78, 5) is 26.0. The third-order valence-corrected chi connectivity index (χ3v) is 7.95. The lowest BCUT2D eigenvalue weighted by atomic mass is 9.91. The Hall–Kier alpha value is -3.88. The summed E-state index contributed by atoms with van der Waals surface area (Å²) < 4.78 is 21.7. The third-order valence-electron chi connectivity index (χ3n) is 7.95. The van der Waals surface area contributed by atoms with Crippen LogP contribution < -0.4 is 10.1 Å². The van der Waals surface area contributed by atoms with Crippen LogP contribution in [0.15, 0.2) is 61.4 Å². The van der Waals surface area contributed by atoms with Crippen molar-refractivity contribution in [1.82, 2.24) is 24.7 Å². The third kappa shape index (κ3) is 3.88. The van der Waals surface area contributed by atoms with Crippen molar-refractivity contribution < 1.29 is 13.9 Å². The highest BCUT2D eigenvalue weighted by Crippen LogP contribution is 2.64. The number of fused-ring (bicyclic) bond motifs is 2. The van der Waals surface area contributed by atoms with Gasteiger partial charge in [0.05, 0.1) is 23.5 Å². The zero-order valence-corrected chi connectivity index (χ0v) is 19.5. The molecule has 3 atom stereocenters. The Kier molecular flexibility index (Phi) is 4.97. The molecule has 0 bridgehead atoms. The molecule has 3 saturated carbocycles. The van der Waals surface area contributed by atoms with Crippen molar-refractivity contribution in [2.45, 2.75) is 31.8 Å². The zero-order chi connectivity index (χ0) is 24.2. The summed E-state index contributed by atoms with van der Waals surface area (Å²) >= 11 is 0. The van der Waals surface area contributed by atoms with Gasteiger partial charge < -0.3 is 10.1 Å². The molecule has 0 spiro atoms. The highest BCUT2D eigenvalue weighted by molar-refractivity contribution is 5.92. The minimum Gasteiger partial charge on any atom is -0.490 e. The van der Waals surface area contributed by atoms with Crippen molar-refractivity contribution in [2.75, 3.05) is 5.32 Å². The Morgan fingerprint density at radius 1 is 1.11 bits per heavy atom. The molecule has 1 amide bonds. The van der Waals surface area contributed by atoms with Gasteiger partial charge in [-0.05, 0) is 85.8 Å². The summed E-state index contributed by atoms with van der Waals surface area (Å²) in [7, 11) is 0. The maximum atomic E-state index is 13.8. The van der Waals surface area contributed by atoms with Crippen LogP contribution in [0.5, 0.6) is 5.75 Å². The number of hydrogen-bond donors (Lipinski definition) is 1. The molecule has 3 aliphatic carbocycles. The van der Waals surface area contributed by atoms with E-state index in [0.717, 1.165) is 36.9 Å². The first-order chi connectivity index (χ1) is 17.6. The average molecular weight is 485 g/mol. The van der Waals surface area contributed by atoms with Gasteiger partial charge >= 0.3 is 0 Å². The molecule has 3 aromatic heterocycles. The Balaban J connectivity index is 1.00. The van der Waals surface area contributed by atoms with Crippen LogP contribution in [0.4, 0.5) is 10.2 Å². The van der Waals surface area contributed by atoms with Gasteiger partial charge in [0.1, 0.15) is 30.0 Å². The molecule has 0 aliphatic heterocycles. The molecule has 3 fully saturated rings. The second-order valence-electron chi connectivity index (χ2n) is 10.2. The quantitative estimate of drug-likeness (QED) is 0.417. The summed E-state index contributed by atoms with van der Waals surface area (Å²) in [6.07, 6.45) is 10.6. The molecule has 3 heterocycles. The van der Waals surface area contributed by atoms with Crippen molar-refractivity contribution in [3.8, 4) is 11.4 Å². The van der Waals surface area contributed by atoms with Gasteiger partial charge in [-0.1, -0.05) is 0 Å². The Morgan fingerprint density at radius 2 is 1.97 bits per heavy atom. The minimum absolute atomic E-state index is 0.0218. The number of aromatic nitrogens is 5. The van der Waals surface area contributed by atoms with E-state index in [1.807, 2.05) is 12.1 Å². The fourth-order valence-electron chi connectivity index (χ4n) is 6.15. The number of rotatable bonds is 7. The van der Waals surface area contributed by atoms with E-state index in [1.165, 1.54) is 18.5 Å². The van der Waals surface area contributed by atoms with Crippen molar-refractivity contribution in [1.29, 1.82) is 0 Å². The van der Waals surface area contributed by atoms with Crippen molar-refractivity contribution in [3.05, 3.63) is 67.3 Å². The molecule has 182 valence electrons. The lowest BCUT2D eigenvalue weighted by Crippen LogP contribution is -2.29. The van der Waals surface area contributed by atoms with E-state index < -0.39 is 0 Å². The summed E-state index contributed by atoms with van der Waals surface area (Å²) in [5.74, 6) is 2.89. The predicted molar refractivity (Wildman–Crippen MR) is 130 cm³/mol.